The lowest BCUT2D eigenvalue weighted by Crippen LogP contribution is -2.08. The second kappa shape index (κ2) is 8.94. The molecule has 0 bridgehead atoms. The molecule has 0 saturated carbocycles. The molecular weight excluding hydrogens is 442 g/mol. The van der Waals surface area contributed by atoms with Gasteiger partial charge in [-0.2, -0.15) is 0 Å². The number of aliphatic hydroxyl groups excluding tert-OH is 1. The fourth-order valence-corrected chi connectivity index (χ4v) is 3.50. The molecule has 1 atom stereocenters. The highest BCUT2D eigenvalue weighted by Crippen LogP contribution is 2.40. The Bertz CT molecular complexity index is 1330. The summed E-state index contributed by atoms with van der Waals surface area (Å²) in [5.74, 6) is -0.133. The van der Waals surface area contributed by atoms with Gasteiger partial charge in [-0.15, -0.1) is 0 Å². The second-order valence-electron chi connectivity index (χ2n) is 7.14. The van der Waals surface area contributed by atoms with E-state index in [-0.39, 0.29) is 39.6 Å². The van der Waals surface area contributed by atoms with Gasteiger partial charge in [-0.1, -0.05) is 6.07 Å². The quantitative estimate of drug-likeness (QED) is 0.357. The van der Waals surface area contributed by atoms with Gasteiger partial charge in [0.05, 0.1) is 28.0 Å². The molecule has 0 aliphatic carbocycles. The number of carbonyl (C=O) groups is 1. The molecule has 0 radical (unpaired) electrons. The van der Waals surface area contributed by atoms with E-state index in [9.17, 15) is 27.5 Å². The fourth-order valence-electron chi connectivity index (χ4n) is 3.50. The SMILES string of the molecule is CC(=O)Nc1cc(-c2[nH]c3c(C(O)C(F)F)ccnc3c2-c2cccc(C(F)F)n2)ccn1. The Morgan fingerprint density at radius 3 is 2.55 bits per heavy atom. The number of H-pyrrole nitrogens is 1. The van der Waals surface area contributed by atoms with Crippen LogP contribution < -0.4 is 5.32 Å². The maximum atomic E-state index is 13.3. The number of fused-ring (bicyclic) bond motifs is 1. The first-order valence-corrected chi connectivity index (χ1v) is 9.72. The number of amides is 1. The predicted octanol–water partition coefficient (Wildman–Crippen LogP) is 4.88. The maximum Gasteiger partial charge on any atom is 0.280 e. The fraction of sp³-hybridized carbons (Fsp3) is 0.182. The first-order valence-electron chi connectivity index (χ1n) is 9.72. The van der Waals surface area contributed by atoms with Crippen molar-refractivity contribution in [2.24, 2.45) is 0 Å². The van der Waals surface area contributed by atoms with Gasteiger partial charge in [-0.3, -0.25) is 9.78 Å². The maximum absolute atomic E-state index is 13.3. The molecule has 1 amide bonds. The lowest BCUT2D eigenvalue weighted by Gasteiger charge is -2.10. The molecule has 11 heteroatoms. The summed E-state index contributed by atoms with van der Waals surface area (Å²) in [5.41, 5.74) is 0.882. The molecule has 0 spiro atoms. The van der Waals surface area contributed by atoms with Gasteiger partial charge in [0.25, 0.3) is 12.9 Å². The minimum atomic E-state index is -3.06. The summed E-state index contributed by atoms with van der Waals surface area (Å²) < 4.78 is 53.2. The van der Waals surface area contributed by atoms with Crippen molar-refractivity contribution >= 4 is 22.8 Å². The number of aromatic nitrogens is 4. The Kier molecular flexibility index (Phi) is 6.05. The van der Waals surface area contributed by atoms with Crippen LogP contribution in [0.2, 0.25) is 0 Å². The van der Waals surface area contributed by atoms with Crippen LogP contribution in [0.4, 0.5) is 23.4 Å². The third-order valence-electron chi connectivity index (χ3n) is 4.88. The number of anilines is 1. The van der Waals surface area contributed by atoms with E-state index in [2.05, 4.69) is 25.3 Å². The largest absolute Gasteiger partial charge is 0.382 e. The number of hydrogen-bond acceptors (Lipinski definition) is 5. The number of pyridine rings is 3. The number of carbonyl (C=O) groups excluding carboxylic acids is 1. The van der Waals surface area contributed by atoms with Crippen molar-refractivity contribution in [1.29, 1.82) is 0 Å². The Morgan fingerprint density at radius 2 is 1.85 bits per heavy atom. The molecular formula is C22H17F4N5O2. The Labute approximate surface area is 184 Å². The van der Waals surface area contributed by atoms with E-state index in [4.69, 9.17) is 0 Å². The van der Waals surface area contributed by atoms with Gasteiger partial charge in [0, 0.05) is 30.4 Å². The molecule has 4 aromatic heterocycles. The van der Waals surface area contributed by atoms with Gasteiger partial charge in [0.2, 0.25) is 5.91 Å². The number of aromatic amines is 1. The number of nitrogens with zero attached hydrogens (tertiary/aromatic N) is 3. The van der Waals surface area contributed by atoms with Crippen LogP contribution in [0, 0.1) is 0 Å². The number of aliphatic hydroxyl groups is 1. The third-order valence-corrected chi connectivity index (χ3v) is 4.88. The Hall–Kier alpha value is -3.86. The van der Waals surface area contributed by atoms with E-state index in [1.807, 2.05) is 0 Å². The van der Waals surface area contributed by atoms with Crippen LogP contribution in [0.1, 0.15) is 30.7 Å². The van der Waals surface area contributed by atoms with Crippen LogP contribution in [0.25, 0.3) is 33.5 Å². The minimum Gasteiger partial charge on any atom is -0.382 e. The van der Waals surface area contributed by atoms with E-state index in [1.165, 1.54) is 49.6 Å². The van der Waals surface area contributed by atoms with Gasteiger partial charge in [-0.25, -0.2) is 27.5 Å². The van der Waals surface area contributed by atoms with Crippen molar-refractivity contribution in [3.05, 3.63) is 60.0 Å². The zero-order valence-electron chi connectivity index (χ0n) is 17.1. The lowest BCUT2D eigenvalue weighted by molar-refractivity contribution is -0.114. The summed E-state index contributed by atoms with van der Waals surface area (Å²) in [5, 5.41) is 12.6. The zero-order chi connectivity index (χ0) is 23.7. The van der Waals surface area contributed by atoms with Crippen LogP contribution in [-0.4, -0.2) is 37.4 Å². The van der Waals surface area contributed by atoms with E-state index in [0.717, 1.165) is 0 Å². The van der Waals surface area contributed by atoms with Gasteiger partial charge < -0.3 is 15.4 Å². The van der Waals surface area contributed by atoms with Crippen LogP contribution in [-0.2, 0) is 4.79 Å². The van der Waals surface area contributed by atoms with Crippen LogP contribution in [0.15, 0.2) is 48.8 Å². The standard InChI is InChI=1S/C22H17F4N5O2/c1-10(32)29-15-9-11(5-7-27-15)17-16(13-3-2-4-14(30-13)21(23)24)19-18(31-17)12(6-8-28-19)20(33)22(25)26/h2-9,20-22,31,33H,1H3,(H,27,29,32). The molecule has 0 saturated heterocycles. The second-order valence-corrected chi connectivity index (χ2v) is 7.14. The van der Waals surface area contributed by atoms with E-state index < -0.39 is 24.6 Å². The van der Waals surface area contributed by atoms with Crippen LogP contribution in [0.5, 0.6) is 0 Å². The summed E-state index contributed by atoms with van der Waals surface area (Å²) in [6.07, 6.45) is -5.31. The Balaban J connectivity index is 2.01. The summed E-state index contributed by atoms with van der Waals surface area (Å²) in [6.45, 7) is 1.31. The van der Waals surface area contributed by atoms with Crippen molar-refractivity contribution < 1.29 is 27.5 Å². The first-order chi connectivity index (χ1) is 15.8. The molecule has 0 aliphatic rings. The topological polar surface area (TPSA) is 104 Å². The minimum absolute atomic E-state index is 0.108. The van der Waals surface area contributed by atoms with E-state index in [0.29, 0.717) is 11.3 Å². The van der Waals surface area contributed by atoms with Crippen molar-refractivity contribution in [1.82, 2.24) is 19.9 Å². The molecule has 3 N–H and O–H groups in total. The molecule has 4 rings (SSSR count). The molecule has 0 aromatic carbocycles. The lowest BCUT2D eigenvalue weighted by atomic mass is 10.0. The Morgan fingerprint density at radius 1 is 1.09 bits per heavy atom. The van der Waals surface area contributed by atoms with Gasteiger partial charge in [0.1, 0.15) is 17.6 Å². The van der Waals surface area contributed by atoms with E-state index >= 15 is 0 Å². The third kappa shape index (κ3) is 4.40. The smallest absolute Gasteiger partial charge is 0.280 e. The average Bonchev–Trinajstić information content (AvgIpc) is 3.18. The van der Waals surface area contributed by atoms with Gasteiger partial charge in [-0.05, 0) is 30.3 Å². The normalized spacial score (nSPS) is 12.5. The molecule has 1 unspecified atom stereocenters. The van der Waals surface area contributed by atoms with Gasteiger partial charge >= 0.3 is 0 Å². The van der Waals surface area contributed by atoms with Crippen molar-refractivity contribution in [2.45, 2.75) is 25.9 Å². The van der Waals surface area contributed by atoms with Crippen LogP contribution >= 0.6 is 0 Å². The van der Waals surface area contributed by atoms with Crippen LogP contribution in [0.3, 0.4) is 0 Å². The number of halogens is 4. The summed E-state index contributed by atoms with van der Waals surface area (Å²) in [6, 6.07) is 8.42. The monoisotopic (exact) mass is 459 g/mol. The highest BCUT2D eigenvalue weighted by Gasteiger charge is 2.26. The van der Waals surface area contributed by atoms with E-state index in [1.54, 1.807) is 6.07 Å². The molecule has 170 valence electrons. The summed E-state index contributed by atoms with van der Waals surface area (Å²) in [4.78, 5) is 26.7. The number of nitrogens with one attached hydrogen (secondary N) is 2. The zero-order valence-corrected chi connectivity index (χ0v) is 17.1. The number of hydrogen-bond donors (Lipinski definition) is 3. The highest BCUT2D eigenvalue weighted by molar-refractivity contribution is 6.02. The average molecular weight is 459 g/mol. The summed E-state index contributed by atoms with van der Waals surface area (Å²) >= 11 is 0. The van der Waals surface area contributed by atoms with Gasteiger partial charge in [0.15, 0.2) is 0 Å². The van der Waals surface area contributed by atoms with Crippen molar-refractivity contribution in [2.75, 3.05) is 5.32 Å². The van der Waals surface area contributed by atoms with Crippen molar-refractivity contribution in [3.63, 3.8) is 0 Å². The first kappa shape index (κ1) is 22.3. The number of rotatable bonds is 6. The predicted molar refractivity (Wildman–Crippen MR) is 113 cm³/mol. The molecule has 33 heavy (non-hydrogen) atoms. The molecule has 4 heterocycles. The number of alkyl halides is 4. The molecule has 0 aliphatic heterocycles. The van der Waals surface area contributed by atoms with Crippen molar-refractivity contribution in [3.8, 4) is 22.5 Å². The molecule has 7 nitrogen and oxygen atoms in total. The summed E-state index contributed by atoms with van der Waals surface area (Å²) in [7, 11) is 0. The molecule has 0 fully saturated rings. The highest BCUT2D eigenvalue weighted by atomic mass is 19.3. The molecule has 4 aromatic rings.